The molecule has 1 atom stereocenters. The molecule has 0 amide bonds. The number of fused-ring (bicyclic) bond motifs is 1. The van der Waals surface area contributed by atoms with Gasteiger partial charge in [0.05, 0.1) is 31.6 Å². The standard InChI is InChI=1S/C19H23ClN6O4/c1-11(2)30-10-13(27)9-26-15-16(25(3)19(29)23-17(15)28)22-18(26)24-21-8-12-6-4-5-7-14(12)20/h4-8,11,13,27H,9-10H2,1-3H3,(H,22,24)(H,23,28,29)/b21-8+/t13-/m0/s1. The largest absolute Gasteiger partial charge is 0.389 e. The molecule has 0 aliphatic heterocycles. The van der Waals surface area contributed by atoms with E-state index in [1.165, 1.54) is 22.4 Å². The molecule has 0 aliphatic rings. The Hall–Kier alpha value is -2.95. The fourth-order valence-corrected chi connectivity index (χ4v) is 2.99. The number of hydrogen-bond donors (Lipinski definition) is 3. The van der Waals surface area contributed by atoms with E-state index in [4.69, 9.17) is 16.3 Å². The average Bonchev–Trinajstić information content (AvgIpc) is 3.05. The second-order valence-electron chi connectivity index (χ2n) is 6.96. The molecule has 0 fully saturated rings. The van der Waals surface area contributed by atoms with Gasteiger partial charge in [-0.1, -0.05) is 29.8 Å². The summed E-state index contributed by atoms with van der Waals surface area (Å²) in [6, 6.07) is 7.15. The van der Waals surface area contributed by atoms with E-state index in [1.54, 1.807) is 18.2 Å². The lowest BCUT2D eigenvalue weighted by molar-refractivity contribution is -0.000105. The Morgan fingerprint density at radius 1 is 1.37 bits per heavy atom. The summed E-state index contributed by atoms with van der Waals surface area (Å²) in [7, 11) is 1.49. The van der Waals surface area contributed by atoms with Crippen LogP contribution in [-0.4, -0.2) is 49.2 Å². The summed E-state index contributed by atoms with van der Waals surface area (Å²) < 4.78 is 8.12. The van der Waals surface area contributed by atoms with E-state index < -0.39 is 17.4 Å². The van der Waals surface area contributed by atoms with Crippen LogP contribution in [-0.2, 0) is 18.3 Å². The van der Waals surface area contributed by atoms with Crippen LogP contribution in [0.3, 0.4) is 0 Å². The molecule has 0 radical (unpaired) electrons. The Bertz CT molecular complexity index is 1180. The summed E-state index contributed by atoms with van der Waals surface area (Å²) >= 11 is 6.12. The molecule has 10 nitrogen and oxygen atoms in total. The van der Waals surface area contributed by atoms with Gasteiger partial charge in [0.2, 0.25) is 5.95 Å². The maximum Gasteiger partial charge on any atom is 0.329 e. The van der Waals surface area contributed by atoms with Gasteiger partial charge in [-0.05, 0) is 19.9 Å². The van der Waals surface area contributed by atoms with Crippen LogP contribution in [0.15, 0.2) is 39.0 Å². The van der Waals surface area contributed by atoms with Crippen molar-refractivity contribution < 1.29 is 9.84 Å². The molecule has 0 spiro atoms. The Balaban J connectivity index is 1.98. The second-order valence-corrected chi connectivity index (χ2v) is 7.37. The first-order valence-corrected chi connectivity index (χ1v) is 9.68. The Morgan fingerprint density at radius 2 is 2.10 bits per heavy atom. The molecule has 30 heavy (non-hydrogen) atoms. The number of aryl methyl sites for hydroxylation is 1. The number of aliphatic hydroxyl groups is 1. The van der Waals surface area contributed by atoms with Gasteiger partial charge in [0.25, 0.3) is 5.56 Å². The number of imidazole rings is 1. The van der Waals surface area contributed by atoms with E-state index in [-0.39, 0.29) is 36.4 Å². The molecule has 11 heteroatoms. The third-order valence-corrected chi connectivity index (χ3v) is 4.64. The Kier molecular flexibility index (Phi) is 6.70. The van der Waals surface area contributed by atoms with E-state index >= 15 is 0 Å². The number of H-pyrrole nitrogens is 1. The van der Waals surface area contributed by atoms with Gasteiger partial charge >= 0.3 is 5.69 Å². The number of hydrogen-bond acceptors (Lipinski definition) is 7. The number of halogens is 1. The van der Waals surface area contributed by atoms with Gasteiger partial charge in [-0.15, -0.1) is 0 Å². The molecule has 0 unspecified atom stereocenters. The fourth-order valence-electron chi connectivity index (χ4n) is 2.80. The van der Waals surface area contributed by atoms with Crippen LogP contribution in [0.5, 0.6) is 0 Å². The summed E-state index contributed by atoms with van der Waals surface area (Å²) in [4.78, 5) is 31.0. The first kappa shape index (κ1) is 21.8. The minimum atomic E-state index is -0.908. The van der Waals surface area contributed by atoms with Gasteiger partial charge in [0, 0.05) is 17.6 Å². The smallest absolute Gasteiger partial charge is 0.329 e. The zero-order valence-electron chi connectivity index (χ0n) is 16.8. The van der Waals surface area contributed by atoms with Gasteiger partial charge in [-0.25, -0.2) is 10.2 Å². The molecule has 3 rings (SSSR count). The molecule has 2 heterocycles. The number of rotatable bonds is 8. The van der Waals surface area contributed by atoms with Gasteiger partial charge in [0.1, 0.15) is 0 Å². The zero-order valence-corrected chi connectivity index (χ0v) is 17.6. The quantitative estimate of drug-likeness (QED) is 0.362. The molecule has 3 N–H and O–H groups in total. The van der Waals surface area contributed by atoms with E-state index in [9.17, 15) is 14.7 Å². The number of benzene rings is 1. The molecule has 0 bridgehead atoms. The normalized spacial score (nSPS) is 12.9. The number of nitrogens with zero attached hydrogens (tertiary/aromatic N) is 4. The third kappa shape index (κ3) is 4.78. The Morgan fingerprint density at radius 3 is 2.80 bits per heavy atom. The predicted octanol–water partition coefficient (Wildman–Crippen LogP) is 1.31. The number of hydrazone groups is 1. The van der Waals surface area contributed by atoms with Crippen molar-refractivity contribution in [3.8, 4) is 0 Å². The second kappa shape index (κ2) is 9.24. The van der Waals surface area contributed by atoms with Gasteiger partial charge in [-0.2, -0.15) is 10.1 Å². The first-order chi connectivity index (χ1) is 14.3. The van der Waals surface area contributed by atoms with Crippen molar-refractivity contribution in [1.29, 1.82) is 0 Å². The molecule has 0 saturated heterocycles. The highest BCUT2D eigenvalue weighted by Gasteiger charge is 2.19. The van der Waals surface area contributed by atoms with Crippen LogP contribution in [0, 0.1) is 0 Å². The van der Waals surface area contributed by atoms with Crippen LogP contribution in [0.4, 0.5) is 5.95 Å². The molecule has 1 aromatic carbocycles. The molecular formula is C19H23ClN6O4. The van der Waals surface area contributed by atoms with Crippen molar-refractivity contribution >= 4 is 34.9 Å². The van der Waals surface area contributed by atoms with Crippen molar-refractivity contribution in [1.82, 2.24) is 19.1 Å². The molecule has 2 aromatic heterocycles. The summed E-state index contributed by atoms with van der Waals surface area (Å²) in [5.74, 6) is 0.184. The van der Waals surface area contributed by atoms with Gasteiger partial charge < -0.3 is 14.4 Å². The zero-order chi connectivity index (χ0) is 21.8. The topological polar surface area (TPSA) is 127 Å². The van der Waals surface area contributed by atoms with Crippen LogP contribution in [0.25, 0.3) is 11.2 Å². The monoisotopic (exact) mass is 434 g/mol. The first-order valence-electron chi connectivity index (χ1n) is 9.30. The van der Waals surface area contributed by atoms with Crippen LogP contribution in [0.2, 0.25) is 5.02 Å². The maximum atomic E-state index is 12.4. The van der Waals surface area contributed by atoms with Gasteiger partial charge in [0.15, 0.2) is 11.2 Å². The summed E-state index contributed by atoms with van der Waals surface area (Å²) in [6.07, 6.45) is 0.545. The van der Waals surface area contributed by atoms with Crippen molar-refractivity contribution in [3.63, 3.8) is 0 Å². The van der Waals surface area contributed by atoms with Crippen LogP contribution < -0.4 is 16.7 Å². The number of anilines is 1. The summed E-state index contributed by atoms with van der Waals surface area (Å²) in [6.45, 7) is 3.80. The maximum absolute atomic E-state index is 12.4. The summed E-state index contributed by atoms with van der Waals surface area (Å²) in [5, 5.41) is 15.0. The number of aliphatic hydroxyl groups excluding tert-OH is 1. The van der Waals surface area contributed by atoms with Crippen molar-refractivity contribution in [2.24, 2.45) is 12.1 Å². The molecular weight excluding hydrogens is 412 g/mol. The highest BCUT2D eigenvalue weighted by atomic mass is 35.5. The third-order valence-electron chi connectivity index (χ3n) is 4.30. The number of ether oxygens (including phenoxy) is 1. The van der Waals surface area contributed by atoms with E-state index in [1.807, 2.05) is 19.9 Å². The Labute approximate surface area is 176 Å². The van der Waals surface area contributed by atoms with Crippen molar-refractivity contribution in [3.05, 3.63) is 55.7 Å². The van der Waals surface area contributed by atoms with Crippen molar-refractivity contribution in [2.45, 2.75) is 32.6 Å². The van der Waals surface area contributed by atoms with Crippen molar-refractivity contribution in [2.75, 3.05) is 12.0 Å². The van der Waals surface area contributed by atoms with E-state index in [2.05, 4.69) is 20.5 Å². The molecule has 0 aliphatic carbocycles. The molecule has 3 aromatic rings. The van der Waals surface area contributed by atoms with Crippen LogP contribution >= 0.6 is 11.6 Å². The SMILES string of the molecule is CC(C)OC[C@@H](O)Cn1c(N/N=C/c2ccccc2Cl)nc2c1c(=O)[nH]c(=O)n2C. The minimum absolute atomic E-state index is 0.00838. The molecule has 160 valence electrons. The van der Waals surface area contributed by atoms with E-state index in [0.717, 1.165) is 0 Å². The highest BCUT2D eigenvalue weighted by molar-refractivity contribution is 6.33. The number of nitrogens with one attached hydrogen (secondary N) is 2. The minimum Gasteiger partial charge on any atom is -0.389 e. The van der Waals surface area contributed by atoms with Crippen LogP contribution in [0.1, 0.15) is 19.4 Å². The lowest BCUT2D eigenvalue weighted by Crippen LogP contribution is -2.30. The number of aromatic amines is 1. The fraction of sp³-hybridized carbons (Fsp3) is 0.368. The van der Waals surface area contributed by atoms with E-state index in [0.29, 0.717) is 10.6 Å². The highest BCUT2D eigenvalue weighted by Crippen LogP contribution is 2.17. The van der Waals surface area contributed by atoms with Gasteiger partial charge in [-0.3, -0.25) is 14.3 Å². The predicted molar refractivity (Wildman–Crippen MR) is 115 cm³/mol. The lowest BCUT2D eigenvalue weighted by atomic mass is 10.2. The summed E-state index contributed by atoms with van der Waals surface area (Å²) in [5.41, 5.74) is 2.55. The lowest BCUT2D eigenvalue weighted by Gasteiger charge is -2.15. The number of aromatic nitrogens is 4. The molecule has 0 saturated carbocycles. The average molecular weight is 435 g/mol.